The molecule has 1 aromatic heterocycles. The van der Waals surface area contributed by atoms with Crippen LogP contribution in [0.25, 0.3) is 0 Å². The van der Waals surface area contributed by atoms with Gasteiger partial charge in [-0.05, 0) is 47.6 Å². The highest BCUT2D eigenvalue weighted by molar-refractivity contribution is 9.10. The van der Waals surface area contributed by atoms with Crippen LogP contribution >= 0.6 is 27.7 Å². The molecule has 1 rings (SSSR count). The van der Waals surface area contributed by atoms with Crippen LogP contribution < -0.4 is 5.32 Å². The molecular weight excluding hydrogens is 345 g/mol. The van der Waals surface area contributed by atoms with Crippen LogP contribution in [-0.2, 0) is 0 Å². The Kier molecular flexibility index (Phi) is 5.79. The highest BCUT2D eigenvalue weighted by Crippen LogP contribution is 2.29. The van der Waals surface area contributed by atoms with Crippen molar-refractivity contribution in [3.05, 3.63) is 22.4 Å². The molecule has 0 atom stereocenters. The molecule has 0 spiro atoms. The van der Waals surface area contributed by atoms with E-state index in [1.165, 1.54) is 0 Å². The standard InChI is InChI=1S/C11H14BrF3N2OS/c1-7(2)17-6-8(12)5-9(17)10(18)16-3-4-19-11(13,14)15/h5-7H,3-4H2,1-2H3,(H,16,18). The number of halogens is 4. The van der Waals surface area contributed by atoms with E-state index in [0.29, 0.717) is 5.69 Å². The molecule has 1 heterocycles. The molecule has 1 aromatic rings. The number of carbonyl (C=O) groups excluding carboxylic acids is 1. The van der Waals surface area contributed by atoms with E-state index >= 15 is 0 Å². The Morgan fingerprint density at radius 2 is 2.16 bits per heavy atom. The van der Waals surface area contributed by atoms with Gasteiger partial charge in [0.25, 0.3) is 5.91 Å². The fourth-order valence-corrected chi connectivity index (χ4v) is 2.35. The van der Waals surface area contributed by atoms with E-state index in [1.54, 1.807) is 16.8 Å². The molecule has 0 saturated heterocycles. The zero-order valence-electron chi connectivity index (χ0n) is 10.4. The largest absolute Gasteiger partial charge is 0.441 e. The first-order chi connectivity index (χ1) is 8.70. The Bertz CT molecular complexity index is 446. The van der Waals surface area contributed by atoms with Crippen molar-refractivity contribution in [1.29, 1.82) is 0 Å². The van der Waals surface area contributed by atoms with Crippen molar-refractivity contribution in [2.45, 2.75) is 25.4 Å². The van der Waals surface area contributed by atoms with Crippen molar-refractivity contribution < 1.29 is 18.0 Å². The van der Waals surface area contributed by atoms with Crippen LogP contribution in [-0.4, -0.2) is 28.3 Å². The van der Waals surface area contributed by atoms with Crippen LogP contribution in [0.4, 0.5) is 13.2 Å². The molecule has 3 nitrogen and oxygen atoms in total. The molecule has 0 unspecified atom stereocenters. The summed E-state index contributed by atoms with van der Waals surface area (Å²) < 4.78 is 38.3. The van der Waals surface area contributed by atoms with Gasteiger partial charge in [-0.15, -0.1) is 0 Å². The number of nitrogens with one attached hydrogen (secondary N) is 1. The van der Waals surface area contributed by atoms with Crippen molar-refractivity contribution in [2.24, 2.45) is 0 Å². The van der Waals surface area contributed by atoms with Gasteiger partial charge in [0.2, 0.25) is 0 Å². The third kappa shape index (κ3) is 5.48. The third-order valence-electron chi connectivity index (χ3n) is 2.26. The van der Waals surface area contributed by atoms with E-state index in [2.05, 4.69) is 21.2 Å². The first-order valence-corrected chi connectivity index (χ1v) is 7.35. The van der Waals surface area contributed by atoms with Gasteiger partial charge in [-0.25, -0.2) is 0 Å². The minimum atomic E-state index is -4.26. The molecule has 0 aliphatic heterocycles. The lowest BCUT2D eigenvalue weighted by molar-refractivity contribution is -0.0327. The summed E-state index contributed by atoms with van der Waals surface area (Å²) in [7, 11) is 0. The number of hydrogen-bond acceptors (Lipinski definition) is 2. The second kappa shape index (κ2) is 6.69. The highest BCUT2D eigenvalue weighted by atomic mass is 79.9. The van der Waals surface area contributed by atoms with E-state index in [9.17, 15) is 18.0 Å². The summed E-state index contributed by atoms with van der Waals surface area (Å²) in [6.07, 6.45) is 1.77. The molecule has 0 radical (unpaired) electrons. The Morgan fingerprint density at radius 3 is 2.68 bits per heavy atom. The summed E-state index contributed by atoms with van der Waals surface area (Å²) in [6.45, 7) is 3.81. The lowest BCUT2D eigenvalue weighted by Gasteiger charge is -2.12. The van der Waals surface area contributed by atoms with Crippen molar-refractivity contribution in [3.8, 4) is 0 Å². The zero-order chi connectivity index (χ0) is 14.6. The Morgan fingerprint density at radius 1 is 1.53 bits per heavy atom. The fourth-order valence-electron chi connectivity index (χ4n) is 1.48. The second-order valence-corrected chi connectivity index (χ2v) is 6.17. The Balaban J connectivity index is 2.54. The normalized spacial score (nSPS) is 11.9. The first kappa shape index (κ1) is 16.4. The van der Waals surface area contributed by atoms with Gasteiger partial charge in [-0.3, -0.25) is 4.79 Å². The van der Waals surface area contributed by atoms with Gasteiger partial charge in [-0.2, -0.15) is 13.2 Å². The van der Waals surface area contributed by atoms with Crippen LogP contribution in [0.15, 0.2) is 16.7 Å². The summed E-state index contributed by atoms with van der Waals surface area (Å²) in [5.41, 5.74) is -3.83. The number of rotatable bonds is 5. The molecule has 0 saturated carbocycles. The van der Waals surface area contributed by atoms with Crippen LogP contribution in [0.1, 0.15) is 30.4 Å². The van der Waals surface area contributed by atoms with Crippen molar-refractivity contribution in [2.75, 3.05) is 12.3 Å². The molecule has 8 heteroatoms. The average molecular weight is 359 g/mol. The molecule has 0 bridgehead atoms. The van der Waals surface area contributed by atoms with E-state index in [4.69, 9.17) is 0 Å². The van der Waals surface area contributed by atoms with Crippen molar-refractivity contribution in [3.63, 3.8) is 0 Å². The van der Waals surface area contributed by atoms with Gasteiger partial charge in [0, 0.05) is 29.0 Å². The summed E-state index contributed by atoms with van der Waals surface area (Å²) >= 11 is 3.13. The molecule has 19 heavy (non-hydrogen) atoms. The lowest BCUT2D eigenvalue weighted by Crippen LogP contribution is -2.28. The first-order valence-electron chi connectivity index (χ1n) is 5.57. The Labute approximate surface area is 122 Å². The maximum absolute atomic E-state index is 11.9. The maximum atomic E-state index is 11.9. The van der Waals surface area contributed by atoms with Gasteiger partial charge < -0.3 is 9.88 Å². The second-order valence-electron chi connectivity index (χ2n) is 4.09. The molecule has 0 fully saturated rings. The van der Waals surface area contributed by atoms with E-state index in [0.717, 1.165) is 4.47 Å². The van der Waals surface area contributed by atoms with E-state index in [-0.39, 0.29) is 36.0 Å². The number of alkyl halides is 3. The number of nitrogens with zero attached hydrogens (tertiary/aromatic N) is 1. The van der Waals surface area contributed by atoms with Gasteiger partial charge in [0.1, 0.15) is 5.69 Å². The summed E-state index contributed by atoms with van der Waals surface area (Å²) in [6, 6.07) is 1.74. The maximum Gasteiger partial charge on any atom is 0.441 e. The van der Waals surface area contributed by atoms with Crippen molar-refractivity contribution in [1.82, 2.24) is 9.88 Å². The average Bonchev–Trinajstić information content (AvgIpc) is 2.65. The summed E-state index contributed by atoms with van der Waals surface area (Å²) in [5, 5.41) is 2.48. The summed E-state index contributed by atoms with van der Waals surface area (Å²) in [4.78, 5) is 11.9. The number of aromatic nitrogens is 1. The smallest absolute Gasteiger partial charge is 0.350 e. The summed E-state index contributed by atoms with van der Waals surface area (Å²) in [5.74, 6) is -0.569. The van der Waals surface area contributed by atoms with Crippen LogP contribution in [0.3, 0.4) is 0 Å². The molecule has 1 N–H and O–H groups in total. The molecule has 0 aliphatic rings. The van der Waals surface area contributed by atoms with E-state index < -0.39 is 5.51 Å². The number of thioether (sulfide) groups is 1. The molecular formula is C11H14BrF3N2OS. The van der Waals surface area contributed by atoms with Crippen molar-refractivity contribution >= 4 is 33.6 Å². The molecule has 0 aromatic carbocycles. The lowest BCUT2D eigenvalue weighted by atomic mass is 10.3. The van der Waals surface area contributed by atoms with Gasteiger partial charge in [-0.1, -0.05) is 0 Å². The molecule has 0 aliphatic carbocycles. The predicted octanol–water partition coefficient (Wildman–Crippen LogP) is 3.81. The minimum Gasteiger partial charge on any atom is -0.350 e. The van der Waals surface area contributed by atoms with Crippen LogP contribution in [0, 0.1) is 0 Å². The van der Waals surface area contributed by atoms with E-state index in [1.807, 2.05) is 13.8 Å². The topological polar surface area (TPSA) is 34.0 Å². The Hall–Kier alpha value is -0.630. The van der Waals surface area contributed by atoms with Gasteiger partial charge in [0.15, 0.2) is 0 Å². The number of carbonyl (C=O) groups is 1. The highest BCUT2D eigenvalue weighted by Gasteiger charge is 2.27. The molecule has 1 amide bonds. The van der Waals surface area contributed by atoms with Crippen LogP contribution in [0.5, 0.6) is 0 Å². The fraction of sp³-hybridized carbons (Fsp3) is 0.545. The minimum absolute atomic E-state index is 0.0239. The number of hydrogen-bond donors (Lipinski definition) is 1. The molecule has 108 valence electrons. The third-order valence-corrected chi connectivity index (χ3v) is 3.43. The van der Waals surface area contributed by atoms with Gasteiger partial charge in [0.05, 0.1) is 0 Å². The van der Waals surface area contributed by atoms with Gasteiger partial charge >= 0.3 is 5.51 Å². The predicted molar refractivity (Wildman–Crippen MR) is 73.4 cm³/mol. The monoisotopic (exact) mass is 358 g/mol. The zero-order valence-corrected chi connectivity index (χ0v) is 12.8. The quantitative estimate of drug-likeness (QED) is 0.812. The SMILES string of the molecule is CC(C)n1cc(Br)cc1C(=O)NCCSC(F)(F)F. The number of amides is 1. The van der Waals surface area contributed by atoms with Crippen LogP contribution in [0.2, 0.25) is 0 Å².